The van der Waals surface area contributed by atoms with Crippen LogP contribution < -0.4 is 4.57 Å². The first kappa shape index (κ1) is 15.3. The minimum Gasteiger partial charge on any atom is -0.200 e. The van der Waals surface area contributed by atoms with Gasteiger partial charge in [0.25, 0.3) is 0 Å². The zero-order valence-corrected chi connectivity index (χ0v) is 15.7. The number of benzene rings is 2. The second kappa shape index (κ2) is 5.42. The van der Waals surface area contributed by atoms with Crippen molar-refractivity contribution < 1.29 is 4.57 Å². The molecule has 4 aromatic rings. The number of thiophene rings is 1. The highest BCUT2D eigenvalue weighted by molar-refractivity contribution is 7.19. The number of aromatic nitrogens is 1. The molecule has 0 atom stereocenters. The fourth-order valence-corrected chi connectivity index (χ4v) is 4.95. The molecule has 0 bridgehead atoms. The molecule has 0 unspecified atom stereocenters. The molecule has 2 heteroatoms. The second-order valence-corrected chi connectivity index (χ2v) is 7.94. The van der Waals surface area contributed by atoms with Gasteiger partial charge >= 0.3 is 0 Å². The highest BCUT2D eigenvalue weighted by Gasteiger charge is 2.22. The molecule has 0 spiro atoms. The minimum absolute atomic E-state index is 1.33. The van der Waals surface area contributed by atoms with Gasteiger partial charge in [-0.1, -0.05) is 24.3 Å². The maximum atomic E-state index is 2.36. The summed E-state index contributed by atoms with van der Waals surface area (Å²) in [5.41, 5.74) is 6.80. The molecule has 0 saturated carbocycles. The molecule has 0 aliphatic rings. The third-order valence-electron chi connectivity index (χ3n) is 5.24. The van der Waals surface area contributed by atoms with Crippen molar-refractivity contribution in [3.8, 4) is 11.3 Å². The van der Waals surface area contributed by atoms with E-state index in [0.29, 0.717) is 0 Å². The molecule has 0 saturated heterocycles. The standard InChI is InChI=1S/C22H22NS/c1-13-12-20(15(3)18-9-7-6-8-17(13)18)21-22-19(10-11-23(21)5)14(2)16(4)24-22/h6-12H,1-5H3/q+1. The van der Waals surface area contributed by atoms with Crippen molar-refractivity contribution in [3.05, 3.63) is 64.2 Å². The number of aryl methyl sites for hydroxylation is 5. The lowest BCUT2D eigenvalue weighted by molar-refractivity contribution is -0.659. The van der Waals surface area contributed by atoms with E-state index in [-0.39, 0.29) is 0 Å². The van der Waals surface area contributed by atoms with E-state index >= 15 is 0 Å². The second-order valence-electron chi connectivity index (χ2n) is 6.71. The van der Waals surface area contributed by atoms with Crippen LogP contribution in [0.4, 0.5) is 0 Å². The lowest BCUT2D eigenvalue weighted by Gasteiger charge is -2.11. The van der Waals surface area contributed by atoms with Crippen LogP contribution in [0, 0.1) is 27.7 Å². The molecular weight excluding hydrogens is 310 g/mol. The van der Waals surface area contributed by atoms with E-state index in [1.807, 2.05) is 11.3 Å². The van der Waals surface area contributed by atoms with Gasteiger partial charge in [-0.05, 0) is 61.2 Å². The molecule has 2 aromatic carbocycles. The van der Waals surface area contributed by atoms with Crippen molar-refractivity contribution in [2.24, 2.45) is 7.05 Å². The SMILES string of the molecule is Cc1sc2c(-c3cc(C)c4ccccc4c3C)[n+](C)ccc2c1C. The van der Waals surface area contributed by atoms with E-state index in [0.717, 1.165) is 0 Å². The summed E-state index contributed by atoms with van der Waals surface area (Å²) in [5.74, 6) is 0. The maximum Gasteiger partial charge on any atom is 0.230 e. The Morgan fingerprint density at radius 3 is 2.29 bits per heavy atom. The summed E-state index contributed by atoms with van der Waals surface area (Å²) in [4.78, 5) is 1.41. The first-order valence-corrected chi connectivity index (χ1v) is 9.18. The summed E-state index contributed by atoms with van der Waals surface area (Å²) in [6, 6.07) is 13.3. The summed E-state index contributed by atoms with van der Waals surface area (Å²) in [6.45, 7) is 8.93. The number of hydrogen-bond donors (Lipinski definition) is 0. The molecule has 2 aromatic heterocycles. The molecule has 0 radical (unpaired) electrons. The van der Waals surface area contributed by atoms with Crippen LogP contribution in [0.2, 0.25) is 0 Å². The Bertz CT molecular complexity index is 1100. The van der Waals surface area contributed by atoms with E-state index in [1.165, 1.54) is 53.7 Å². The first-order valence-electron chi connectivity index (χ1n) is 8.36. The van der Waals surface area contributed by atoms with Crippen LogP contribution in [-0.4, -0.2) is 0 Å². The zero-order chi connectivity index (χ0) is 17.0. The monoisotopic (exact) mass is 332 g/mol. The van der Waals surface area contributed by atoms with Crippen LogP contribution in [0.25, 0.3) is 32.1 Å². The minimum atomic E-state index is 1.33. The summed E-state index contributed by atoms with van der Waals surface area (Å²) in [6.07, 6.45) is 2.20. The van der Waals surface area contributed by atoms with Crippen molar-refractivity contribution in [2.45, 2.75) is 27.7 Å². The van der Waals surface area contributed by atoms with Crippen LogP contribution in [0.1, 0.15) is 21.6 Å². The topological polar surface area (TPSA) is 3.88 Å². The van der Waals surface area contributed by atoms with E-state index < -0.39 is 0 Å². The predicted octanol–water partition coefficient (Wildman–Crippen LogP) is 5.78. The van der Waals surface area contributed by atoms with E-state index in [4.69, 9.17) is 0 Å². The number of nitrogens with zero attached hydrogens (tertiary/aromatic N) is 1. The summed E-state index contributed by atoms with van der Waals surface area (Å²) < 4.78 is 3.67. The van der Waals surface area contributed by atoms with Gasteiger partial charge in [0.2, 0.25) is 5.69 Å². The van der Waals surface area contributed by atoms with Gasteiger partial charge in [0, 0.05) is 16.3 Å². The average Bonchev–Trinajstić information content (AvgIpc) is 2.86. The summed E-state index contributed by atoms with van der Waals surface area (Å²) in [5, 5.41) is 4.09. The molecule has 24 heavy (non-hydrogen) atoms. The first-order chi connectivity index (χ1) is 11.5. The third-order valence-corrected chi connectivity index (χ3v) is 6.47. The summed E-state index contributed by atoms with van der Waals surface area (Å²) >= 11 is 1.91. The molecule has 0 aliphatic carbocycles. The Morgan fingerprint density at radius 1 is 0.833 bits per heavy atom. The van der Waals surface area contributed by atoms with Gasteiger partial charge in [-0.3, -0.25) is 0 Å². The number of rotatable bonds is 1. The van der Waals surface area contributed by atoms with Crippen LogP contribution in [0.5, 0.6) is 0 Å². The molecule has 0 fully saturated rings. The largest absolute Gasteiger partial charge is 0.230 e. The van der Waals surface area contributed by atoms with Gasteiger partial charge < -0.3 is 0 Å². The zero-order valence-electron chi connectivity index (χ0n) is 14.9. The lowest BCUT2D eigenvalue weighted by Crippen LogP contribution is -2.30. The van der Waals surface area contributed by atoms with Crippen molar-refractivity contribution in [1.82, 2.24) is 0 Å². The van der Waals surface area contributed by atoms with Crippen molar-refractivity contribution in [1.29, 1.82) is 0 Å². The van der Waals surface area contributed by atoms with Gasteiger partial charge in [0.05, 0.1) is 5.56 Å². The van der Waals surface area contributed by atoms with Crippen LogP contribution >= 0.6 is 11.3 Å². The Morgan fingerprint density at radius 2 is 1.54 bits per heavy atom. The van der Waals surface area contributed by atoms with Gasteiger partial charge in [-0.25, -0.2) is 0 Å². The van der Waals surface area contributed by atoms with Crippen LogP contribution in [0.3, 0.4) is 0 Å². The van der Waals surface area contributed by atoms with E-state index in [1.54, 1.807) is 0 Å². The molecule has 120 valence electrons. The highest BCUT2D eigenvalue weighted by atomic mass is 32.1. The molecular formula is C22H22NS+. The molecule has 1 nitrogen and oxygen atoms in total. The fraction of sp³-hybridized carbons (Fsp3) is 0.227. The smallest absolute Gasteiger partial charge is 0.200 e. The quantitative estimate of drug-likeness (QED) is 0.389. The molecule has 4 rings (SSSR count). The van der Waals surface area contributed by atoms with Gasteiger partial charge in [-0.2, -0.15) is 4.57 Å². The molecule has 0 N–H and O–H groups in total. The van der Waals surface area contributed by atoms with Crippen LogP contribution in [-0.2, 0) is 7.05 Å². The van der Waals surface area contributed by atoms with Crippen molar-refractivity contribution >= 4 is 32.2 Å². The van der Waals surface area contributed by atoms with Gasteiger partial charge in [0.1, 0.15) is 11.7 Å². The van der Waals surface area contributed by atoms with Crippen molar-refractivity contribution in [2.75, 3.05) is 0 Å². The van der Waals surface area contributed by atoms with Gasteiger partial charge in [-0.15, -0.1) is 11.3 Å². The predicted molar refractivity (Wildman–Crippen MR) is 105 cm³/mol. The van der Waals surface area contributed by atoms with E-state index in [2.05, 4.69) is 81.9 Å². The normalized spacial score (nSPS) is 11.5. The van der Waals surface area contributed by atoms with E-state index in [9.17, 15) is 0 Å². The highest BCUT2D eigenvalue weighted by Crippen LogP contribution is 2.38. The number of fused-ring (bicyclic) bond motifs is 2. The van der Waals surface area contributed by atoms with Crippen LogP contribution in [0.15, 0.2) is 42.6 Å². The summed E-state index contributed by atoms with van der Waals surface area (Å²) in [7, 11) is 2.16. The molecule has 0 amide bonds. The molecule has 0 aliphatic heterocycles. The average molecular weight is 332 g/mol. The Labute approximate surface area is 147 Å². The Hall–Kier alpha value is -2.19. The van der Waals surface area contributed by atoms with Crippen molar-refractivity contribution in [3.63, 3.8) is 0 Å². The maximum absolute atomic E-state index is 2.36. The number of pyridine rings is 1. The lowest BCUT2D eigenvalue weighted by atomic mass is 9.93. The fourth-order valence-electron chi connectivity index (χ4n) is 3.70. The number of hydrogen-bond acceptors (Lipinski definition) is 1. The Balaban J connectivity index is 2.16. The third kappa shape index (κ3) is 2.10. The molecule has 2 heterocycles. The Kier molecular flexibility index (Phi) is 3.47. The van der Waals surface area contributed by atoms with Gasteiger partial charge in [0.15, 0.2) is 6.20 Å².